The van der Waals surface area contributed by atoms with E-state index in [-0.39, 0.29) is 17.7 Å². The summed E-state index contributed by atoms with van der Waals surface area (Å²) in [5.74, 6) is 0.743. The first-order valence-electron chi connectivity index (χ1n) is 8.10. The number of hydrogen-bond donors (Lipinski definition) is 0. The molecule has 1 heterocycles. The van der Waals surface area contributed by atoms with Crippen LogP contribution in [0.1, 0.15) is 64.2 Å². The second-order valence-electron chi connectivity index (χ2n) is 6.03. The number of ether oxygens (including phenoxy) is 1. The minimum Gasteiger partial charge on any atom is -0.475 e. The van der Waals surface area contributed by atoms with Crippen molar-refractivity contribution in [1.82, 2.24) is 0 Å². The minimum absolute atomic E-state index is 0.0129. The van der Waals surface area contributed by atoms with Crippen molar-refractivity contribution in [3.8, 4) is 5.75 Å². The van der Waals surface area contributed by atoms with E-state index in [1.54, 1.807) is 17.0 Å². The van der Waals surface area contributed by atoms with Gasteiger partial charge in [-0.05, 0) is 44.9 Å². The average molecular weight is 303 g/mol. The Balaban J connectivity index is 2.59. The second kappa shape index (κ2) is 6.11. The summed E-state index contributed by atoms with van der Waals surface area (Å²) in [6.07, 6.45) is 1.70. The Hall–Kier alpha value is -1.84. The summed E-state index contributed by atoms with van der Waals surface area (Å²) in [6.45, 7) is 9.75. The lowest BCUT2D eigenvalue weighted by Crippen LogP contribution is -2.57. The highest BCUT2D eigenvalue weighted by Gasteiger charge is 2.46. The van der Waals surface area contributed by atoms with E-state index in [1.165, 1.54) is 0 Å². The Bertz CT molecular complexity index is 588. The third kappa shape index (κ3) is 2.51. The monoisotopic (exact) mass is 303 g/mol. The number of hydrogen-bond acceptors (Lipinski definition) is 3. The number of nitrogens with zero attached hydrogens (tertiary/aromatic N) is 1. The molecule has 120 valence electrons. The zero-order valence-electron chi connectivity index (χ0n) is 14.1. The number of benzene rings is 1. The molecular formula is C18H25NO3. The third-order valence-corrected chi connectivity index (χ3v) is 4.43. The lowest BCUT2D eigenvalue weighted by atomic mass is 9.91. The van der Waals surface area contributed by atoms with Crippen LogP contribution in [0.3, 0.4) is 0 Å². The van der Waals surface area contributed by atoms with Crippen molar-refractivity contribution in [2.24, 2.45) is 0 Å². The number of ketones is 1. The van der Waals surface area contributed by atoms with E-state index in [0.717, 1.165) is 0 Å². The van der Waals surface area contributed by atoms with Crippen LogP contribution in [0.2, 0.25) is 0 Å². The predicted molar refractivity (Wildman–Crippen MR) is 87.6 cm³/mol. The zero-order chi connectivity index (χ0) is 16.5. The van der Waals surface area contributed by atoms with Gasteiger partial charge in [-0.1, -0.05) is 20.8 Å². The molecule has 0 saturated carbocycles. The topological polar surface area (TPSA) is 46.6 Å². The van der Waals surface area contributed by atoms with Gasteiger partial charge < -0.3 is 9.64 Å². The molecule has 1 aliphatic heterocycles. The molecule has 0 aliphatic carbocycles. The summed E-state index contributed by atoms with van der Waals surface area (Å²) in [7, 11) is 0. The van der Waals surface area contributed by atoms with Crippen molar-refractivity contribution >= 4 is 17.4 Å². The molecule has 1 aromatic carbocycles. The van der Waals surface area contributed by atoms with E-state index in [1.807, 2.05) is 40.7 Å². The summed E-state index contributed by atoms with van der Waals surface area (Å²) in [5, 5.41) is 0. The van der Waals surface area contributed by atoms with Crippen molar-refractivity contribution in [3.63, 3.8) is 0 Å². The maximum atomic E-state index is 13.0. The number of fused-ring (bicyclic) bond motifs is 1. The SMILES string of the molecule is CCC(=O)c1ccc2c(c1)N(C(C)C)C(=O)C(CC)(CC)O2. The Morgan fingerprint density at radius 3 is 2.36 bits per heavy atom. The van der Waals surface area contributed by atoms with E-state index in [9.17, 15) is 9.59 Å². The maximum Gasteiger partial charge on any atom is 0.271 e. The van der Waals surface area contributed by atoms with Crippen LogP contribution >= 0.6 is 0 Å². The van der Waals surface area contributed by atoms with Crippen LogP contribution in [0.4, 0.5) is 5.69 Å². The van der Waals surface area contributed by atoms with E-state index in [2.05, 4.69) is 0 Å². The molecule has 1 aliphatic rings. The van der Waals surface area contributed by atoms with Crippen molar-refractivity contribution in [2.45, 2.75) is 65.5 Å². The van der Waals surface area contributed by atoms with Gasteiger partial charge in [0.25, 0.3) is 5.91 Å². The fourth-order valence-corrected chi connectivity index (χ4v) is 2.96. The molecule has 1 amide bonds. The summed E-state index contributed by atoms with van der Waals surface area (Å²) in [6, 6.07) is 5.41. The van der Waals surface area contributed by atoms with Crippen molar-refractivity contribution in [2.75, 3.05) is 4.90 Å². The van der Waals surface area contributed by atoms with E-state index < -0.39 is 5.60 Å². The van der Waals surface area contributed by atoms with Crippen molar-refractivity contribution in [3.05, 3.63) is 23.8 Å². The molecule has 0 bridgehead atoms. The highest BCUT2D eigenvalue weighted by molar-refractivity contribution is 6.05. The summed E-state index contributed by atoms with van der Waals surface area (Å²) in [4.78, 5) is 26.7. The number of rotatable bonds is 5. The van der Waals surface area contributed by atoms with E-state index in [4.69, 9.17) is 4.74 Å². The lowest BCUT2D eigenvalue weighted by molar-refractivity contribution is -0.136. The predicted octanol–water partition coefficient (Wildman–Crippen LogP) is 3.97. The number of amides is 1. The van der Waals surface area contributed by atoms with Crippen LogP contribution in [0, 0.1) is 0 Å². The quantitative estimate of drug-likeness (QED) is 0.773. The Labute approximate surface area is 132 Å². The molecule has 22 heavy (non-hydrogen) atoms. The van der Waals surface area contributed by atoms with Crippen LogP contribution in [0.5, 0.6) is 5.75 Å². The first kappa shape index (κ1) is 16.5. The molecular weight excluding hydrogens is 278 g/mol. The molecule has 0 fully saturated rings. The Morgan fingerprint density at radius 2 is 1.86 bits per heavy atom. The molecule has 1 aromatic rings. The van der Waals surface area contributed by atoms with Gasteiger partial charge in [0.2, 0.25) is 0 Å². The van der Waals surface area contributed by atoms with Gasteiger partial charge in [0.1, 0.15) is 5.75 Å². The minimum atomic E-state index is -0.798. The van der Waals surface area contributed by atoms with Gasteiger partial charge in [-0.15, -0.1) is 0 Å². The molecule has 4 nitrogen and oxygen atoms in total. The Morgan fingerprint density at radius 1 is 1.23 bits per heavy atom. The average Bonchev–Trinajstić information content (AvgIpc) is 2.52. The fourth-order valence-electron chi connectivity index (χ4n) is 2.96. The first-order valence-corrected chi connectivity index (χ1v) is 8.10. The molecule has 0 atom stereocenters. The fraction of sp³-hybridized carbons (Fsp3) is 0.556. The van der Waals surface area contributed by atoms with Gasteiger partial charge in [-0.3, -0.25) is 9.59 Å². The van der Waals surface area contributed by atoms with Gasteiger partial charge in [0.15, 0.2) is 11.4 Å². The Kier molecular flexibility index (Phi) is 4.59. The summed E-state index contributed by atoms with van der Waals surface area (Å²) >= 11 is 0. The van der Waals surface area contributed by atoms with Crippen molar-refractivity contribution in [1.29, 1.82) is 0 Å². The molecule has 0 saturated heterocycles. The van der Waals surface area contributed by atoms with Crippen molar-refractivity contribution < 1.29 is 14.3 Å². The maximum absolute atomic E-state index is 13.0. The number of anilines is 1. The van der Waals surface area contributed by atoms with Crippen LogP contribution in [-0.2, 0) is 4.79 Å². The van der Waals surface area contributed by atoms with E-state index in [0.29, 0.717) is 36.3 Å². The van der Waals surface area contributed by atoms with Crippen LogP contribution < -0.4 is 9.64 Å². The highest BCUT2D eigenvalue weighted by atomic mass is 16.5. The molecule has 0 radical (unpaired) electrons. The van der Waals surface area contributed by atoms with Crippen LogP contribution in [-0.4, -0.2) is 23.3 Å². The zero-order valence-corrected chi connectivity index (χ0v) is 14.1. The van der Waals surface area contributed by atoms with Gasteiger partial charge in [0, 0.05) is 18.0 Å². The smallest absolute Gasteiger partial charge is 0.271 e. The molecule has 0 N–H and O–H groups in total. The largest absolute Gasteiger partial charge is 0.475 e. The van der Waals surface area contributed by atoms with Crippen LogP contribution in [0.15, 0.2) is 18.2 Å². The van der Waals surface area contributed by atoms with Crippen LogP contribution in [0.25, 0.3) is 0 Å². The normalized spacial score (nSPS) is 16.5. The molecule has 0 aromatic heterocycles. The number of Topliss-reactive ketones (excluding diaryl/α,β-unsaturated/α-hetero) is 1. The standard InChI is InChI=1S/C18H25NO3/c1-6-15(20)13-9-10-16-14(11-13)19(12(4)5)17(21)18(7-2,8-3)22-16/h9-12H,6-8H2,1-5H3. The third-order valence-electron chi connectivity index (χ3n) is 4.43. The molecule has 4 heteroatoms. The number of carbonyl (C=O) groups excluding carboxylic acids is 2. The molecule has 0 unspecified atom stereocenters. The second-order valence-corrected chi connectivity index (χ2v) is 6.03. The van der Waals surface area contributed by atoms with Gasteiger partial charge in [-0.25, -0.2) is 0 Å². The van der Waals surface area contributed by atoms with E-state index >= 15 is 0 Å². The number of carbonyl (C=O) groups is 2. The molecule has 2 rings (SSSR count). The van der Waals surface area contributed by atoms with Gasteiger partial charge in [0.05, 0.1) is 5.69 Å². The molecule has 0 spiro atoms. The highest BCUT2D eigenvalue weighted by Crippen LogP contribution is 2.42. The summed E-state index contributed by atoms with van der Waals surface area (Å²) in [5.41, 5.74) is 0.536. The van der Waals surface area contributed by atoms with Gasteiger partial charge in [-0.2, -0.15) is 0 Å². The first-order chi connectivity index (χ1) is 10.4. The summed E-state index contributed by atoms with van der Waals surface area (Å²) < 4.78 is 6.08. The lowest BCUT2D eigenvalue weighted by Gasteiger charge is -2.43. The van der Waals surface area contributed by atoms with Gasteiger partial charge >= 0.3 is 0 Å².